The summed E-state index contributed by atoms with van der Waals surface area (Å²) in [5.41, 5.74) is 1.04. The van der Waals surface area contributed by atoms with E-state index in [0.29, 0.717) is 5.91 Å². The Balaban J connectivity index is 1.69. The summed E-state index contributed by atoms with van der Waals surface area (Å²) in [7, 11) is 0. The molecule has 2 nitrogen and oxygen atoms in total. The first kappa shape index (κ1) is 13.7. The summed E-state index contributed by atoms with van der Waals surface area (Å²) in [6.07, 6.45) is 4.41. The molecule has 0 aromatic heterocycles. The molecular formula is C18H25NO. The number of carbonyl (C=O) groups excluding carboxylic acids is 1. The largest absolute Gasteiger partial charge is 0.342 e. The summed E-state index contributed by atoms with van der Waals surface area (Å²) < 4.78 is 0. The monoisotopic (exact) mass is 271 g/mol. The molecule has 1 aliphatic heterocycles. The van der Waals surface area contributed by atoms with Gasteiger partial charge < -0.3 is 4.90 Å². The van der Waals surface area contributed by atoms with Crippen LogP contribution in [0, 0.1) is 11.8 Å². The molecule has 1 saturated heterocycles. The van der Waals surface area contributed by atoms with Crippen molar-refractivity contribution in [1.82, 2.24) is 4.90 Å². The van der Waals surface area contributed by atoms with E-state index in [9.17, 15) is 4.79 Å². The summed E-state index contributed by atoms with van der Waals surface area (Å²) in [6.45, 7) is 6.51. The van der Waals surface area contributed by atoms with Crippen molar-refractivity contribution < 1.29 is 4.79 Å². The van der Waals surface area contributed by atoms with Crippen LogP contribution in [-0.4, -0.2) is 23.9 Å². The third-order valence-electron chi connectivity index (χ3n) is 5.26. The Morgan fingerprint density at radius 1 is 1.15 bits per heavy atom. The highest BCUT2D eigenvalue weighted by Gasteiger charge is 2.53. The predicted molar refractivity (Wildman–Crippen MR) is 81.5 cm³/mol. The fraction of sp³-hybridized carbons (Fsp3) is 0.611. The zero-order valence-corrected chi connectivity index (χ0v) is 12.6. The Hall–Kier alpha value is -1.31. The van der Waals surface area contributed by atoms with Gasteiger partial charge in [-0.25, -0.2) is 0 Å². The first-order valence-corrected chi connectivity index (χ1v) is 7.98. The van der Waals surface area contributed by atoms with Crippen molar-refractivity contribution in [3.8, 4) is 0 Å². The number of nitrogens with zero attached hydrogens (tertiary/aromatic N) is 1. The molecule has 2 heteroatoms. The van der Waals surface area contributed by atoms with Gasteiger partial charge in [-0.1, -0.05) is 44.2 Å². The molecule has 1 heterocycles. The van der Waals surface area contributed by atoms with Gasteiger partial charge in [0.15, 0.2) is 0 Å². The number of hydrogen-bond acceptors (Lipinski definition) is 1. The standard InChI is InChI=1S/C18H25NO/c1-14(2)15-8-12-19(13-9-15)17(20)18(10-11-18)16-6-4-3-5-7-16/h3-7,14-15H,8-13H2,1-2H3. The van der Waals surface area contributed by atoms with Crippen LogP contribution < -0.4 is 0 Å². The van der Waals surface area contributed by atoms with Gasteiger partial charge in [-0.05, 0) is 43.1 Å². The van der Waals surface area contributed by atoms with Gasteiger partial charge in [0.05, 0.1) is 5.41 Å². The number of likely N-dealkylation sites (tertiary alicyclic amines) is 1. The van der Waals surface area contributed by atoms with Crippen LogP contribution in [0.15, 0.2) is 30.3 Å². The van der Waals surface area contributed by atoms with Crippen LogP contribution in [0.3, 0.4) is 0 Å². The fourth-order valence-electron chi connectivity index (χ4n) is 3.58. The highest BCUT2D eigenvalue weighted by Crippen LogP contribution is 2.50. The van der Waals surface area contributed by atoms with E-state index in [1.807, 2.05) is 18.2 Å². The van der Waals surface area contributed by atoms with Crippen LogP contribution in [0.5, 0.6) is 0 Å². The maximum Gasteiger partial charge on any atom is 0.233 e. The summed E-state index contributed by atoms with van der Waals surface area (Å²) >= 11 is 0. The van der Waals surface area contributed by atoms with E-state index in [1.54, 1.807) is 0 Å². The zero-order valence-electron chi connectivity index (χ0n) is 12.6. The van der Waals surface area contributed by atoms with Crippen LogP contribution in [0.2, 0.25) is 0 Å². The second-order valence-electron chi connectivity index (χ2n) is 6.82. The van der Waals surface area contributed by atoms with Crippen molar-refractivity contribution in [3.05, 3.63) is 35.9 Å². The van der Waals surface area contributed by atoms with Crippen LogP contribution in [-0.2, 0) is 10.2 Å². The lowest BCUT2D eigenvalue weighted by molar-refractivity contribution is -0.135. The molecule has 2 fully saturated rings. The molecule has 108 valence electrons. The van der Waals surface area contributed by atoms with Crippen molar-refractivity contribution >= 4 is 5.91 Å². The molecule has 1 aliphatic carbocycles. The second-order valence-corrected chi connectivity index (χ2v) is 6.82. The van der Waals surface area contributed by atoms with Gasteiger partial charge in [0.1, 0.15) is 0 Å². The number of amides is 1. The van der Waals surface area contributed by atoms with Crippen LogP contribution in [0.4, 0.5) is 0 Å². The van der Waals surface area contributed by atoms with E-state index in [4.69, 9.17) is 0 Å². The van der Waals surface area contributed by atoms with E-state index in [-0.39, 0.29) is 5.41 Å². The topological polar surface area (TPSA) is 20.3 Å². The van der Waals surface area contributed by atoms with Crippen molar-refractivity contribution in [1.29, 1.82) is 0 Å². The number of carbonyl (C=O) groups is 1. The summed E-state index contributed by atoms with van der Waals surface area (Å²) in [6, 6.07) is 10.4. The van der Waals surface area contributed by atoms with Crippen LogP contribution >= 0.6 is 0 Å². The molecule has 0 N–H and O–H groups in total. The molecule has 2 aliphatic rings. The van der Waals surface area contributed by atoms with Crippen molar-refractivity contribution in [2.24, 2.45) is 11.8 Å². The molecule has 1 amide bonds. The molecule has 1 aromatic carbocycles. The minimum atomic E-state index is -0.175. The number of hydrogen-bond donors (Lipinski definition) is 0. The van der Waals surface area contributed by atoms with Gasteiger partial charge in [0.2, 0.25) is 5.91 Å². The molecule has 0 spiro atoms. The molecule has 20 heavy (non-hydrogen) atoms. The molecule has 3 rings (SSSR count). The number of rotatable bonds is 3. The molecule has 0 bridgehead atoms. The molecule has 0 radical (unpaired) electrons. The average molecular weight is 271 g/mol. The quantitative estimate of drug-likeness (QED) is 0.822. The Morgan fingerprint density at radius 3 is 2.25 bits per heavy atom. The number of piperidine rings is 1. The van der Waals surface area contributed by atoms with Crippen molar-refractivity contribution in [2.75, 3.05) is 13.1 Å². The minimum absolute atomic E-state index is 0.175. The highest BCUT2D eigenvalue weighted by molar-refractivity contribution is 5.91. The third kappa shape index (κ3) is 2.36. The van der Waals surface area contributed by atoms with Gasteiger partial charge in [-0.15, -0.1) is 0 Å². The van der Waals surface area contributed by atoms with Gasteiger partial charge in [-0.3, -0.25) is 4.79 Å². The minimum Gasteiger partial charge on any atom is -0.342 e. The van der Waals surface area contributed by atoms with E-state index in [1.165, 1.54) is 18.4 Å². The average Bonchev–Trinajstić information content (AvgIpc) is 3.29. The lowest BCUT2D eigenvalue weighted by Gasteiger charge is -2.36. The van der Waals surface area contributed by atoms with Gasteiger partial charge in [0, 0.05) is 13.1 Å². The van der Waals surface area contributed by atoms with Crippen molar-refractivity contribution in [3.63, 3.8) is 0 Å². The molecule has 1 saturated carbocycles. The first-order valence-electron chi connectivity index (χ1n) is 7.98. The predicted octanol–water partition coefficient (Wildman–Crippen LogP) is 3.61. The summed E-state index contributed by atoms with van der Waals surface area (Å²) in [4.78, 5) is 15.0. The molecule has 0 unspecified atom stereocenters. The van der Waals surface area contributed by atoms with Gasteiger partial charge in [0.25, 0.3) is 0 Å². The van der Waals surface area contributed by atoms with E-state index in [2.05, 4.69) is 30.9 Å². The van der Waals surface area contributed by atoms with E-state index < -0.39 is 0 Å². The maximum atomic E-state index is 12.9. The summed E-state index contributed by atoms with van der Waals surface area (Å²) in [5.74, 6) is 1.92. The lowest BCUT2D eigenvalue weighted by atomic mass is 9.85. The Bertz CT molecular complexity index is 467. The second kappa shape index (κ2) is 5.23. The van der Waals surface area contributed by atoms with Crippen LogP contribution in [0.25, 0.3) is 0 Å². The summed E-state index contributed by atoms with van der Waals surface area (Å²) in [5, 5.41) is 0. The highest BCUT2D eigenvalue weighted by atomic mass is 16.2. The zero-order chi connectivity index (χ0) is 14.2. The fourth-order valence-corrected chi connectivity index (χ4v) is 3.58. The Kier molecular flexibility index (Phi) is 3.57. The van der Waals surface area contributed by atoms with E-state index >= 15 is 0 Å². The maximum absolute atomic E-state index is 12.9. The van der Waals surface area contributed by atoms with Crippen LogP contribution in [0.1, 0.15) is 45.1 Å². The first-order chi connectivity index (χ1) is 9.63. The molecule has 1 aromatic rings. The lowest BCUT2D eigenvalue weighted by Crippen LogP contribution is -2.44. The third-order valence-corrected chi connectivity index (χ3v) is 5.26. The molecular weight excluding hydrogens is 246 g/mol. The van der Waals surface area contributed by atoms with Gasteiger partial charge in [-0.2, -0.15) is 0 Å². The smallest absolute Gasteiger partial charge is 0.233 e. The van der Waals surface area contributed by atoms with Crippen molar-refractivity contribution in [2.45, 2.75) is 44.9 Å². The Labute approximate surface area is 122 Å². The SMILES string of the molecule is CC(C)C1CCN(C(=O)C2(c3ccccc3)CC2)CC1. The Morgan fingerprint density at radius 2 is 1.75 bits per heavy atom. The molecule has 0 atom stereocenters. The normalized spacial score (nSPS) is 22.1. The van der Waals surface area contributed by atoms with E-state index in [0.717, 1.165) is 37.8 Å². The number of benzene rings is 1. The van der Waals surface area contributed by atoms with Gasteiger partial charge >= 0.3 is 0 Å².